The molecule has 0 aliphatic rings. The van der Waals surface area contributed by atoms with Gasteiger partial charge in [-0.05, 0) is 24.6 Å². The van der Waals surface area contributed by atoms with E-state index in [-0.39, 0.29) is 5.91 Å². The maximum absolute atomic E-state index is 12.1. The molecule has 0 saturated carbocycles. The number of nitrogen functional groups attached to an aromatic ring is 1. The SMILES string of the molecule is CS(=O)(=O)NCCCNC(=O)c1c[nH]c2ccc(N)cc12. The van der Waals surface area contributed by atoms with Crippen LogP contribution in [-0.2, 0) is 10.0 Å². The lowest BCUT2D eigenvalue weighted by Gasteiger charge is -2.05. The van der Waals surface area contributed by atoms with Crippen LogP contribution in [0.15, 0.2) is 24.4 Å². The Balaban J connectivity index is 1.92. The summed E-state index contributed by atoms with van der Waals surface area (Å²) < 4.78 is 24.1. The van der Waals surface area contributed by atoms with E-state index in [1.165, 1.54) is 0 Å². The number of nitrogens with one attached hydrogen (secondary N) is 3. The Morgan fingerprint density at radius 2 is 2.10 bits per heavy atom. The minimum atomic E-state index is -3.18. The van der Waals surface area contributed by atoms with E-state index in [1.54, 1.807) is 18.3 Å². The van der Waals surface area contributed by atoms with Gasteiger partial charge in [0.25, 0.3) is 5.91 Å². The molecule has 1 heterocycles. The number of aromatic nitrogens is 1. The number of sulfonamides is 1. The summed E-state index contributed by atoms with van der Waals surface area (Å²) in [5, 5.41) is 3.51. The molecule has 8 heteroatoms. The van der Waals surface area contributed by atoms with Crippen LogP contribution in [0.2, 0.25) is 0 Å². The molecule has 0 aliphatic heterocycles. The first-order chi connectivity index (χ1) is 9.87. The summed E-state index contributed by atoms with van der Waals surface area (Å²) in [6.45, 7) is 0.677. The second-order valence-corrected chi connectivity index (χ2v) is 6.62. The Kier molecular flexibility index (Phi) is 4.49. The van der Waals surface area contributed by atoms with Gasteiger partial charge in [0.2, 0.25) is 10.0 Å². The fourth-order valence-electron chi connectivity index (χ4n) is 1.97. The average Bonchev–Trinajstić information content (AvgIpc) is 2.79. The van der Waals surface area contributed by atoms with Crippen LogP contribution in [-0.4, -0.2) is 38.7 Å². The van der Waals surface area contributed by atoms with Gasteiger partial charge in [-0.25, -0.2) is 13.1 Å². The molecular formula is C13H18N4O3S. The van der Waals surface area contributed by atoms with E-state index < -0.39 is 10.0 Å². The number of carbonyl (C=O) groups is 1. The first-order valence-corrected chi connectivity index (χ1v) is 8.35. The quantitative estimate of drug-likeness (QED) is 0.457. The molecule has 0 radical (unpaired) electrons. The number of rotatable bonds is 6. The van der Waals surface area contributed by atoms with Gasteiger partial charge >= 0.3 is 0 Å². The molecule has 2 aromatic rings. The van der Waals surface area contributed by atoms with Crippen LogP contribution in [0.3, 0.4) is 0 Å². The van der Waals surface area contributed by atoms with Crippen molar-refractivity contribution in [3.8, 4) is 0 Å². The van der Waals surface area contributed by atoms with Crippen LogP contribution in [0, 0.1) is 0 Å². The van der Waals surface area contributed by atoms with Crippen molar-refractivity contribution in [2.24, 2.45) is 0 Å². The summed E-state index contributed by atoms with van der Waals surface area (Å²) >= 11 is 0. The second-order valence-electron chi connectivity index (χ2n) is 4.78. The van der Waals surface area contributed by atoms with E-state index in [9.17, 15) is 13.2 Å². The Labute approximate surface area is 123 Å². The van der Waals surface area contributed by atoms with Crippen molar-refractivity contribution in [3.05, 3.63) is 30.0 Å². The molecule has 0 atom stereocenters. The van der Waals surface area contributed by atoms with Gasteiger partial charge in [0.05, 0.1) is 11.8 Å². The average molecular weight is 310 g/mol. The summed E-state index contributed by atoms with van der Waals surface area (Å²) in [5.74, 6) is -0.216. The normalized spacial score (nSPS) is 11.7. The van der Waals surface area contributed by atoms with Crippen molar-refractivity contribution in [1.82, 2.24) is 15.0 Å². The molecule has 0 bridgehead atoms. The van der Waals surface area contributed by atoms with Crippen molar-refractivity contribution in [2.45, 2.75) is 6.42 Å². The second kappa shape index (κ2) is 6.15. The molecule has 1 amide bonds. The molecule has 0 unspecified atom stereocenters. The van der Waals surface area contributed by atoms with Gasteiger partial charge in [0.15, 0.2) is 0 Å². The minimum absolute atomic E-state index is 0.216. The van der Waals surface area contributed by atoms with Gasteiger partial charge in [0, 0.05) is 35.9 Å². The Morgan fingerprint density at radius 1 is 1.33 bits per heavy atom. The number of anilines is 1. The fraction of sp³-hybridized carbons (Fsp3) is 0.308. The monoisotopic (exact) mass is 310 g/mol. The van der Waals surface area contributed by atoms with E-state index >= 15 is 0 Å². The molecule has 0 spiro atoms. The van der Waals surface area contributed by atoms with Crippen LogP contribution in [0.4, 0.5) is 5.69 Å². The zero-order valence-electron chi connectivity index (χ0n) is 11.6. The third-order valence-corrected chi connectivity index (χ3v) is 3.68. The Hall–Kier alpha value is -2.06. The minimum Gasteiger partial charge on any atom is -0.399 e. The number of carbonyl (C=O) groups excluding carboxylic acids is 1. The third-order valence-electron chi connectivity index (χ3n) is 2.95. The van der Waals surface area contributed by atoms with Crippen LogP contribution in [0.25, 0.3) is 10.9 Å². The number of aromatic amines is 1. The van der Waals surface area contributed by atoms with Gasteiger partial charge in [-0.3, -0.25) is 4.79 Å². The van der Waals surface area contributed by atoms with E-state index in [1.807, 2.05) is 6.07 Å². The lowest BCUT2D eigenvalue weighted by Crippen LogP contribution is -2.29. The van der Waals surface area contributed by atoms with Crippen LogP contribution in [0.5, 0.6) is 0 Å². The highest BCUT2D eigenvalue weighted by Gasteiger charge is 2.11. The van der Waals surface area contributed by atoms with Crippen molar-refractivity contribution in [2.75, 3.05) is 25.1 Å². The lowest BCUT2D eigenvalue weighted by atomic mass is 10.1. The van der Waals surface area contributed by atoms with Gasteiger partial charge in [-0.1, -0.05) is 0 Å². The first kappa shape index (κ1) is 15.3. The zero-order chi connectivity index (χ0) is 15.5. The highest BCUT2D eigenvalue weighted by Crippen LogP contribution is 2.20. The molecule has 0 aliphatic carbocycles. The van der Waals surface area contributed by atoms with Crippen molar-refractivity contribution in [3.63, 3.8) is 0 Å². The predicted molar refractivity (Wildman–Crippen MR) is 82.5 cm³/mol. The highest BCUT2D eigenvalue weighted by molar-refractivity contribution is 7.88. The zero-order valence-corrected chi connectivity index (χ0v) is 12.5. The summed E-state index contributed by atoms with van der Waals surface area (Å²) in [7, 11) is -3.18. The van der Waals surface area contributed by atoms with Crippen LogP contribution >= 0.6 is 0 Å². The number of benzene rings is 1. The van der Waals surface area contributed by atoms with E-state index in [4.69, 9.17) is 5.73 Å². The van der Waals surface area contributed by atoms with Gasteiger partial charge in [-0.15, -0.1) is 0 Å². The summed E-state index contributed by atoms with van der Waals surface area (Å²) in [6.07, 6.45) is 3.25. The number of hydrogen-bond acceptors (Lipinski definition) is 4. The molecule has 0 fully saturated rings. The van der Waals surface area contributed by atoms with Gasteiger partial charge in [-0.2, -0.15) is 0 Å². The Morgan fingerprint density at radius 3 is 2.81 bits per heavy atom. The molecule has 21 heavy (non-hydrogen) atoms. The number of fused-ring (bicyclic) bond motifs is 1. The number of hydrogen-bond donors (Lipinski definition) is 4. The van der Waals surface area contributed by atoms with E-state index in [0.717, 1.165) is 17.2 Å². The number of H-pyrrole nitrogens is 1. The van der Waals surface area contributed by atoms with Gasteiger partial charge in [0.1, 0.15) is 0 Å². The topological polar surface area (TPSA) is 117 Å². The van der Waals surface area contributed by atoms with Crippen molar-refractivity contribution >= 4 is 32.5 Å². The van der Waals surface area contributed by atoms with Gasteiger partial charge < -0.3 is 16.0 Å². The molecule has 0 saturated heterocycles. The van der Waals surface area contributed by atoms with Crippen molar-refractivity contribution in [1.29, 1.82) is 0 Å². The maximum Gasteiger partial charge on any atom is 0.253 e. The molecule has 2 rings (SSSR count). The fourth-order valence-corrected chi connectivity index (χ4v) is 2.48. The Bertz CT molecular complexity index is 752. The van der Waals surface area contributed by atoms with Crippen LogP contribution in [0.1, 0.15) is 16.8 Å². The standard InChI is InChI=1S/C13H18N4O3S/c1-21(19,20)17-6-2-5-15-13(18)11-8-16-12-4-3-9(14)7-10(11)12/h3-4,7-8,16-17H,2,5-6,14H2,1H3,(H,15,18). The molecule has 1 aromatic heterocycles. The van der Waals surface area contributed by atoms with E-state index in [0.29, 0.717) is 30.8 Å². The highest BCUT2D eigenvalue weighted by atomic mass is 32.2. The molecule has 5 N–H and O–H groups in total. The summed E-state index contributed by atoms with van der Waals surface area (Å²) in [5.41, 5.74) is 7.68. The smallest absolute Gasteiger partial charge is 0.253 e. The lowest BCUT2D eigenvalue weighted by molar-refractivity contribution is 0.0955. The molecule has 114 valence electrons. The largest absolute Gasteiger partial charge is 0.399 e. The molecular weight excluding hydrogens is 292 g/mol. The first-order valence-electron chi connectivity index (χ1n) is 6.46. The number of amides is 1. The predicted octanol–water partition coefficient (Wildman–Crippen LogP) is 0.419. The molecule has 1 aromatic carbocycles. The third kappa shape index (κ3) is 4.20. The van der Waals surface area contributed by atoms with Crippen LogP contribution < -0.4 is 15.8 Å². The molecule has 7 nitrogen and oxygen atoms in total. The van der Waals surface area contributed by atoms with E-state index in [2.05, 4.69) is 15.0 Å². The number of nitrogens with two attached hydrogens (primary N) is 1. The summed E-state index contributed by atoms with van der Waals surface area (Å²) in [4.78, 5) is 15.1. The maximum atomic E-state index is 12.1. The summed E-state index contributed by atoms with van der Waals surface area (Å²) in [6, 6.07) is 5.32. The van der Waals surface area contributed by atoms with Crippen molar-refractivity contribution < 1.29 is 13.2 Å².